The fraction of sp³-hybridized carbons (Fsp3) is 0.448. The van der Waals surface area contributed by atoms with Gasteiger partial charge in [0.1, 0.15) is 15.7 Å². The number of nitrogens with one attached hydrogen (secondary N) is 1. The molecular weight excluding hydrogens is 590 g/mol. The number of benzene rings is 2. The number of anilines is 1. The van der Waals surface area contributed by atoms with Crippen LogP contribution in [0.3, 0.4) is 0 Å². The summed E-state index contributed by atoms with van der Waals surface area (Å²) >= 11 is 13.1. The van der Waals surface area contributed by atoms with Crippen LogP contribution in [0.15, 0.2) is 42.6 Å². The Hall–Kier alpha value is -2.66. The summed E-state index contributed by atoms with van der Waals surface area (Å²) in [5.74, 6) is -0.890. The van der Waals surface area contributed by atoms with E-state index in [9.17, 15) is 13.2 Å². The highest BCUT2D eigenvalue weighted by atomic mass is 35.5. The summed E-state index contributed by atoms with van der Waals surface area (Å²) < 4.78 is 46.3. The van der Waals surface area contributed by atoms with Gasteiger partial charge in [-0.1, -0.05) is 29.3 Å². The molecule has 0 unspecified atom stereocenters. The highest BCUT2D eigenvalue weighted by Crippen LogP contribution is 2.45. The number of sulfone groups is 1. The number of piperidine rings is 1. The third-order valence-electron chi connectivity index (χ3n) is 8.21. The first-order valence-corrected chi connectivity index (χ1v) is 16.5. The molecule has 41 heavy (non-hydrogen) atoms. The van der Waals surface area contributed by atoms with Gasteiger partial charge in [0.05, 0.1) is 52.1 Å². The van der Waals surface area contributed by atoms with Crippen LogP contribution in [0, 0.1) is 11.7 Å². The zero-order valence-electron chi connectivity index (χ0n) is 22.5. The first kappa shape index (κ1) is 28.5. The molecule has 3 aromatic rings. The van der Waals surface area contributed by atoms with Crippen molar-refractivity contribution in [2.45, 2.75) is 50.5 Å². The summed E-state index contributed by atoms with van der Waals surface area (Å²) in [6, 6.07) is 10.4. The lowest BCUT2D eigenvalue weighted by Gasteiger charge is -2.33. The molecule has 2 aliphatic carbocycles. The van der Waals surface area contributed by atoms with Crippen molar-refractivity contribution in [1.29, 1.82) is 0 Å². The summed E-state index contributed by atoms with van der Waals surface area (Å²) in [7, 11) is -3.20. The number of carbonyl (C=O) groups excluding carboxylic acids is 1. The van der Waals surface area contributed by atoms with Crippen LogP contribution in [0.5, 0.6) is 0 Å². The minimum Gasteiger partial charge on any atom is -0.371 e. The minimum atomic E-state index is -3.20. The van der Waals surface area contributed by atoms with E-state index >= 15 is 4.39 Å². The quantitative estimate of drug-likeness (QED) is 0.331. The van der Waals surface area contributed by atoms with E-state index in [4.69, 9.17) is 27.9 Å². The maximum Gasteiger partial charge on any atom is 0.251 e. The van der Waals surface area contributed by atoms with Crippen LogP contribution in [0.25, 0.3) is 11.1 Å². The van der Waals surface area contributed by atoms with Gasteiger partial charge in [0.2, 0.25) is 0 Å². The van der Waals surface area contributed by atoms with Crippen LogP contribution in [0.2, 0.25) is 10.0 Å². The largest absolute Gasteiger partial charge is 0.371 e. The van der Waals surface area contributed by atoms with Crippen molar-refractivity contribution in [3.8, 4) is 11.1 Å². The molecule has 1 amide bonds. The molecule has 2 heterocycles. The molecule has 12 heteroatoms. The standard InChI is InChI=1S/C29H31Cl2FN4O4S/c1-41(38,39)10-9-33-29(37)17-5-8-25(24(32)12-17)35-15-18-11-20(35)13-27(18)40-16-26-21(14-34-36(26)19-6-7-19)28-22(30)3-2-4-23(28)31/h2-5,8,12,14,18-20,27H,6-7,9-11,13,15-16H2,1H3,(H,33,37)/t18-,20-,27+/m0/s1. The van der Waals surface area contributed by atoms with Crippen LogP contribution >= 0.6 is 23.2 Å². The molecule has 3 atom stereocenters. The molecule has 1 aliphatic heterocycles. The number of hydrogen-bond acceptors (Lipinski definition) is 6. The van der Waals surface area contributed by atoms with E-state index in [1.807, 2.05) is 29.1 Å². The average Bonchev–Trinajstić information content (AvgIpc) is 3.37. The lowest BCUT2D eigenvalue weighted by atomic mass is 10.0. The lowest BCUT2D eigenvalue weighted by molar-refractivity contribution is 0.00953. The Morgan fingerprint density at radius 1 is 1.15 bits per heavy atom. The Morgan fingerprint density at radius 2 is 1.90 bits per heavy atom. The number of nitrogens with zero attached hydrogens (tertiary/aromatic N) is 3. The van der Waals surface area contributed by atoms with Crippen molar-refractivity contribution in [2.75, 3.05) is 30.0 Å². The zero-order valence-corrected chi connectivity index (χ0v) is 24.9. The number of fused-ring (bicyclic) bond motifs is 2. The topological polar surface area (TPSA) is 93.5 Å². The maximum absolute atomic E-state index is 15.1. The van der Waals surface area contributed by atoms with Gasteiger partial charge in [-0.3, -0.25) is 9.48 Å². The number of halogens is 3. The second-order valence-electron chi connectivity index (χ2n) is 11.2. The molecule has 1 N–H and O–H groups in total. The Labute approximate surface area is 248 Å². The van der Waals surface area contributed by atoms with Crippen molar-refractivity contribution in [3.05, 3.63) is 69.7 Å². The Kier molecular flexibility index (Phi) is 7.78. The van der Waals surface area contributed by atoms with Gasteiger partial charge in [0.25, 0.3) is 5.91 Å². The Balaban J connectivity index is 1.11. The van der Waals surface area contributed by atoms with Crippen LogP contribution in [0.4, 0.5) is 10.1 Å². The summed E-state index contributed by atoms with van der Waals surface area (Å²) in [6.07, 6.45) is 6.81. The van der Waals surface area contributed by atoms with Crippen molar-refractivity contribution >= 4 is 44.6 Å². The second-order valence-corrected chi connectivity index (χ2v) is 14.3. The molecule has 3 aliphatic rings. The van der Waals surface area contributed by atoms with Gasteiger partial charge in [-0.2, -0.15) is 5.10 Å². The van der Waals surface area contributed by atoms with Crippen LogP contribution in [-0.2, 0) is 21.2 Å². The average molecular weight is 622 g/mol. The number of carbonyl (C=O) groups is 1. The van der Waals surface area contributed by atoms with E-state index < -0.39 is 21.6 Å². The predicted octanol–water partition coefficient (Wildman–Crippen LogP) is 5.29. The van der Waals surface area contributed by atoms with E-state index in [-0.39, 0.29) is 35.9 Å². The number of ether oxygens (including phenoxy) is 1. The van der Waals surface area contributed by atoms with Crippen LogP contribution in [0.1, 0.15) is 47.8 Å². The fourth-order valence-electron chi connectivity index (χ4n) is 6.05. The molecule has 2 aromatic carbocycles. The van der Waals surface area contributed by atoms with Crippen molar-refractivity contribution < 1.29 is 22.3 Å². The summed E-state index contributed by atoms with van der Waals surface area (Å²) in [5, 5.41) is 8.33. The van der Waals surface area contributed by atoms with Gasteiger partial charge in [0, 0.05) is 48.0 Å². The van der Waals surface area contributed by atoms with E-state index in [1.54, 1.807) is 12.1 Å². The molecule has 0 radical (unpaired) electrons. The normalized spacial score (nSPS) is 22.0. The van der Waals surface area contributed by atoms with Crippen LogP contribution in [-0.4, -0.2) is 61.3 Å². The van der Waals surface area contributed by atoms with Gasteiger partial charge in [-0.25, -0.2) is 12.8 Å². The smallest absolute Gasteiger partial charge is 0.251 e. The monoisotopic (exact) mass is 620 g/mol. The third-order valence-corrected chi connectivity index (χ3v) is 9.79. The number of hydrogen-bond donors (Lipinski definition) is 1. The molecule has 3 fully saturated rings. The second kappa shape index (κ2) is 11.2. The Morgan fingerprint density at radius 3 is 2.54 bits per heavy atom. The number of rotatable bonds is 10. The molecule has 1 saturated heterocycles. The van der Waals surface area contributed by atoms with Gasteiger partial charge < -0.3 is 15.0 Å². The fourth-order valence-corrected chi connectivity index (χ4v) is 7.13. The van der Waals surface area contributed by atoms with Crippen LogP contribution < -0.4 is 10.2 Å². The SMILES string of the molecule is CS(=O)(=O)CCNC(=O)c1ccc(N2C[C@@H]3C[C@H]2C[C@H]3OCc2c(-c3c(Cl)cccc3Cl)cnn2C2CC2)c(F)c1. The Bertz CT molecular complexity index is 1570. The first-order chi connectivity index (χ1) is 19.6. The van der Waals surface area contributed by atoms with Crippen molar-refractivity contribution in [2.24, 2.45) is 5.92 Å². The molecule has 1 aromatic heterocycles. The van der Waals surface area contributed by atoms with Gasteiger partial charge in [-0.05, 0) is 56.0 Å². The molecule has 2 saturated carbocycles. The third kappa shape index (κ3) is 5.98. The molecular formula is C29H31Cl2FN4O4S. The van der Waals surface area contributed by atoms with Gasteiger partial charge in [-0.15, -0.1) is 0 Å². The van der Waals surface area contributed by atoms with E-state index in [1.165, 1.54) is 6.07 Å². The zero-order chi connectivity index (χ0) is 28.9. The van der Waals surface area contributed by atoms with E-state index in [2.05, 4.69) is 15.3 Å². The summed E-state index contributed by atoms with van der Waals surface area (Å²) in [5.41, 5.74) is 3.25. The molecule has 8 nitrogen and oxygen atoms in total. The lowest BCUT2D eigenvalue weighted by Crippen LogP contribution is -2.39. The number of aromatic nitrogens is 2. The van der Waals surface area contributed by atoms with E-state index in [0.29, 0.717) is 34.9 Å². The number of amides is 1. The van der Waals surface area contributed by atoms with Gasteiger partial charge >= 0.3 is 0 Å². The maximum atomic E-state index is 15.1. The van der Waals surface area contributed by atoms with Crippen molar-refractivity contribution in [1.82, 2.24) is 15.1 Å². The summed E-state index contributed by atoms with van der Waals surface area (Å²) in [6.45, 7) is 1.03. The first-order valence-electron chi connectivity index (χ1n) is 13.7. The van der Waals surface area contributed by atoms with Gasteiger partial charge in [0.15, 0.2) is 0 Å². The highest BCUT2D eigenvalue weighted by Gasteiger charge is 2.46. The summed E-state index contributed by atoms with van der Waals surface area (Å²) in [4.78, 5) is 14.4. The molecule has 218 valence electrons. The molecule has 2 bridgehead atoms. The predicted molar refractivity (Wildman–Crippen MR) is 157 cm³/mol. The highest BCUT2D eigenvalue weighted by molar-refractivity contribution is 7.90. The van der Waals surface area contributed by atoms with Crippen molar-refractivity contribution in [3.63, 3.8) is 0 Å². The molecule has 0 spiro atoms. The van der Waals surface area contributed by atoms with E-state index in [0.717, 1.165) is 48.8 Å². The minimum absolute atomic E-state index is 0.0212. The molecule has 6 rings (SSSR count).